The second-order valence-corrected chi connectivity index (χ2v) is 5.14. The molecule has 1 aliphatic rings. The first-order valence-electron chi connectivity index (χ1n) is 5.63. The van der Waals surface area contributed by atoms with E-state index in [4.69, 9.17) is 4.74 Å². The van der Waals surface area contributed by atoms with Gasteiger partial charge in [-0.05, 0) is 24.6 Å². The molecule has 2 rings (SSSR count). The van der Waals surface area contributed by atoms with E-state index >= 15 is 0 Å². The molecular weight excluding hydrogens is 327 g/mol. The summed E-state index contributed by atoms with van der Waals surface area (Å²) in [4.78, 5) is 11.9. The SMILES string of the molecule is O=C(NC1CCOC1)c1ccc(Br)cc1C(F)(F)F. The molecule has 0 aromatic heterocycles. The molecule has 1 unspecified atom stereocenters. The molecule has 1 N–H and O–H groups in total. The van der Waals surface area contributed by atoms with Crippen molar-refractivity contribution in [1.29, 1.82) is 0 Å². The van der Waals surface area contributed by atoms with E-state index in [2.05, 4.69) is 21.2 Å². The van der Waals surface area contributed by atoms with Gasteiger partial charge >= 0.3 is 6.18 Å². The van der Waals surface area contributed by atoms with Crippen LogP contribution in [0.4, 0.5) is 13.2 Å². The lowest BCUT2D eigenvalue weighted by atomic mass is 10.1. The summed E-state index contributed by atoms with van der Waals surface area (Å²) in [5.41, 5.74) is -1.32. The molecule has 1 saturated heterocycles. The van der Waals surface area contributed by atoms with Crippen LogP contribution in [0.5, 0.6) is 0 Å². The molecule has 1 amide bonds. The van der Waals surface area contributed by atoms with Gasteiger partial charge in [0.25, 0.3) is 5.91 Å². The Bertz CT molecular complexity index is 484. The van der Waals surface area contributed by atoms with E-state index < -0.39 is 17.6 Å². The van der Waals surface area contributed by atoms with E-state index in [1.165, 1.54) is 6.07 Å². The summed E-state index contributed by atoms with van der Waals surface area (Å²) < 4.78 is 44.0. The van der Waals surface area contributed by atoms with Crippen molar-refractivity contribution in [1.82, 2.24) is 5.32 Å². The number of carbonyl (C=O) groups excluding carboxylic acids is 1. The van der Waals surface area contributed by atoms with Crippen LogP contribution in [0.2, 0.25) is 0 Å². The molecule has 1 atom stereocenters. The topological polar surface area (TPSA) is 38.3 Å². The van der Waals surface area contributed by atoms with Crippen molar-refractivity contribution in [3.8, 4) is 0 Å². The molecule has 1 aromatic rings. The predicted octanol–water partition coefficient (Wildman–Crippen LogP) is 2.99. The number of benzene rings is 1. The van der Waals surface area contributed by atoms with Crippen LogP contribution < -0.4 is 5.32 Å². The fourth-order valence-electron chi connectivity index (χ4n) is 1.86. The fraction of sp³-hybridized carbons (Fsp3) is 0.417. The summed E-state index contributed by atoms with van der Waals surface area (Å²) in [6.45, 7) is 0.848. The third-order valence-corrected chi connectivity index (χ3v) is 3.29. The van der Waals surface area contributed by atoms with Gasteiger partial charge in [0.15, 0.2) is 0 Å². The maximum atomic E-state index is 12.9. The van der Waals surface area contributed by atoms with Gasteiger partial charge < -0.3 is 10.1 Å². The highest BCUT2D eigenvalue weighted by molar-refractivity contribution is 9.10. The third kappa shape index (κ3) is 3.48. The average molecular weight is 338 g/mol. The van der Waals surface area contributed by atoms with E-state index in [0.717, 1.165) is 12.1 Å². The summed E-state index contributed by atoms with van der Waals surface area (Å²) in [6.07, 6.45) is -3.95. The molecule has 1 heterocycles. The zero-order valence-corrected chi connectivity index (χ0v) is 11.3. The first-order valence-corrected chi connectivity index (χ1v) is 6.42. The van der Waals surface area contributed by atoms with Crippen molar-refractivity contribution < 1.29 is 22.7 Å². The molecular formula is C12H11BrF3NO2. The Morgan fingerprint density at radius 2 is 2.16 bits per heavy atom. The van der Waals surface area contributed by atoms with E-state index in [0.29, 0.717) is 19.6 Å². The number of amides is 1. The van der Waals surface area contributed by atoms with E-state index in [9.17, 15) is 18.0 Å². The number of halogens is 4. The van der Waals surface area contributed by atoms with Crippen LogP contribution in [-0.2, 0) is 10.9 Å². The molecule has 7 heteroatoms. The minimum absolute atomic E-state index is 0.225. The minimum atomic E-state index is -4.57. The van der Waals surface area contributed by atoms with Crippen LogP contribution in [0.3, 0.4) is 0 Å². The van der Waals surface area contributed by atoms with Crippen LogP contribution in [0, 0.1) is 0 Å². The lowest BCUT2D eigenvalue weighted by Crippen LogP contribution is -2.36. The van der Waals surface area contributed by atoms with Gasteiger partial charge in [0, 0.05) is 11.1 Å². The molecule has 3 nitrogen and oxygen atoms in total. The maximum absolute atomic E-state index is 12.9. The molecule has 0 spiro atoms. The molecule has 1 aromatic carbocycles. The molecule has 0 radical (unpaired) electrons. The summed E-state index contributed by atoms with van der Waals surface area (Å²) in [6, 6.07) is 3.25. The molecule has 1 aliphatic heterocycles. The highest BCUT2D eigenvalue weighted by Crippen LogP contribution is 2.33. The quantitative estimate of drug-likeness (QED) is 0.900. The van der Waals surface area contributed by atoms with Crippen molar-refractivity contribution in [2.24, 2.45) is 0 Å². The number of alkyl halides is 3. The van der Waals surface area contributed by atoms with Crippen molar-refractivity contribution in [3.63, 3.8) is 0 Å². The van der Waals surface area contributed by atoms with Crippen molar-refractivity contribution in [2.45, 2.75) is 18.6 Å². The monoisotopic (exact) mass is 337 g/mol. The van der Waals surface area contributed by atoms with Crippen LogP contribution in [0.15, 0.2) is 22.7 Å². The van der Waals surface area contributed by atoms with Gasteiger partial charge in [0.2, 0.25) is 0 Å². The first kappa shape index (κ1) is 14.3. The lowest BCUT2D eigenvalue weighted by molar-refractivity contribution is -0.138. The molecule has 19 heavy (non-hydrogen) atoms. The lowest BCUT2D eigenvalue weighted by Gasteiger charge is -2.15. The van der Waals surface area contributed by atoms with Crippen LogP contribution in [-0.4, -0.2) is 25.2 Å². The minimum Gasteiger partial charge on any atom is -0.379 e. The zero-order chi connectivity index (χ0) is 14.0. The Hall–Kier alpha value is -1.08. The number of ether oxygens (including phenoxy) is 1. The molecule has 104 valence electrons. The van der Waals surface area contributed by atoms with Crippen molar-refractivity contribution in [3.05, 3.63) is 33.8 Å². The number of carbonyl (C=O) groups is 1. The van der Waals surface area contributed by atoms with E-state index in [1.807, 2.05) is 0 Å². The van der Waals surface area contributed by atoms with Gasteiger partial charge in [-0.25, -0.2) is 0 Å². The van der Waals surface area contributed by atoms with Gasteiger partial charge in [-0.2, -0.15) is 13.2 Å². The second kappa shape index (κ2) is 5.50. The third-order valence-electron chi connectivity index (χ3n) is 2.80. The van der Waals surface area contributed by atoms with E-state index in [-0.39, 0.29) is 16.1 Å². The van der Waals surface area contributed by atoms with Gasteiger partial charge in [-0.1, -0.05) is 15.9 Å². The highest BCUT2D eigenvalue weighted by atomic mass is 79.9. The van der Waals surface area contributed by atoms with Crippen LogP contribution in [0.1, 0.15) is 22.3 Å². The zero-order valence-electron chi connectivity index (χ0n) is 9.76. The average Bonchev–Trinajstić information content (AvgIpc) is 2.80. The Kier molecular flexibility index (Phi) is 4.15. The largest absolute Gasteiger partial charge is 0.417 e. The number of nitrogens with one attached hydrogen (secondary N) is 1. The Labute approximate surface area is 116 Å². The fourth-order valence-corrected chi connectivity index (χ4v) is 2.22. The normalized spacial score (nSPS) is 19.5. The predicted molar refractivity (Wildman–Crippen MR) is 65.8 cm³/mol. The summed E-state index contributed by atoms with van der Waals surface area (Å²) in [5.74, 6) is -0.727. The molecule has 1 fully saturated rings. The Balaban J connectivity index is 2.25. The number of hydrogen-bond acceptors (Lipinski definition) is 2. The van der Waals surface area contributed by atoms with Crippen molar-refractivity contribution >= 4 is 21.8 Å². The molecule has 0 aliphatic carbocycles. The highest BCUT2D eigenvalue weighted by Gasteiger charge is 2.35. The Morgan fingerprint density at radius 1 is 1.42 bits per heavy atom. The molecule has 0 bridgehead atoms. The van der Waals surface area contributed by atoms with Crippen molar-refractivity contribution in [2.75, 3.05) is 13.2 Å². The van der Waals surface area contributed by atoms with Gasteiger partial charge in [-0.3, -0.25) is 4.79 Å². The number of rotatable bonds is 2. The van der Waals surface area contributed by atoms with Crippen LogP contribution in [0.25, 0.3) is 0 Å². The summed E-state index contributed by atoms with van der Waals surface area (Å²) in [5, 5.41) is 2.55. The van der Waals surface area contributed by atoms with Crippen LogP contribution >= 0.6 is 15.9 Å². The van der Waals surface area contributed by atoms with E-state index in [1.54, 1.807) is 0 Å². The first-order chi connectivity index (χ1) is 8.88. The second-order valence-electron chi connectivity index (χ2n) is 4.22. The number of hydrogen-bond donors (Lipinski definition) is 1. The molecule has 0 saturated carbocycles. The van der Waals surface area contributed by atoms with Gasteiger partial charge in [0.05, 0.1) is 23.8 Å². The van der Waals surface area contributed by atoms with Gasteiger partial charge in [-0.15, -0.1) is 0 Å². The summed E-state index contributed by atoms with van der Waals surface area (Å²) in [7, 11) is 0. The van der Waals surface area contributed by atoms with Gasteiger partial charge in [0.1, 0.15) is 0 Å². The summed E-state index contributed by atoms with van der Waals surface area (Å²) >= 11 is 2.97. The maximum Gasteiger partial charge on any atom is 0.417 e. The standard InChI is InChI=1S/C12H11BrF3NO2/c13-7-1-2-9(10(5-7)12(14,15)16)11(18)17-8-3-4-19-6-8/h1-2,5,8H,3-4,6H2,(H,17,18). The Morgan fingerprint density at radius 3 is 2.74 bits per heavy atom. The smallest absolute Gasteiger partial charge is 0.379 e.